The summed E-state index contributed by atoms with van der Waals surface area (Å²) in [5.74, 6) is 0.417. The van der Waals surface area contributed by atoms with Gasteiger partial charge in [0.2, 0.25) is 0 Å². The van der Waals surface area contributed by atoms with Gasteiger partial charge in [-0.15, -0.1) is 23.2 Å². The number of nitriles is 1. The topological polar surface area (TPSA) is 53.3 Å². The number of benzene rings is 1. The van der Waals surface area contributed by atoms with Crippen LogP contribution in [-0.4, -0.2) is 37.4 Å². The molecule has 22 heavy (non-hydrogen) atoms. The van der Waals surface area contributed by atoms with E-state index in [4.69, 9.17) is 33.2 Å². The Hall–Kier alpha value is -1.70. The third-order valence-corrected chi connectivity index (χ3v) is 3.23. The van der Waals surface area contributed by atoms with E-state index < -0.39 is 5.97 Å². The van der Waals surface area contributed by atoms with Crippen molar-refractivity contribution in [1.82, 2.24) is 0 Å². The Morgan fingerprint density at radius 2 is 1.86 bits per heavy atom. The second kappa shape index (κ2) is 10.1. The molecule has 4 nitrogen and oxygen atoms in total. The molecule has 0 bridgehead atoms. The summed E-state index contributed by atoms with van der Waals surface area (Å²) in [6.45, 7) is 3.35. The average Bonchev–Trinajstić information content (AvgIpc) is 2.53. The number of hydrogen-bond donors (Lipinski definition) is 0. The van der Waals surface area contributed by atoms with Crippen LogP contribution in [0.25, 0.3) is 6.08 Å². The Morgan fingerprint density at radius 1 is 1.27 bits per heavy atom. The number of anilines is 1. The standard InChI is InChI=1S/C16H18Cl2N2O2/c1-2-22-16(21)14(12-19)11-13-3-5-15(6-4-13)20(9-7-17)10-8-18/h3-6,11H,2,7-10H2,1H3/b14-11+. The van der Waals surface area contributed by atoms with Crippen molar-refractivity contribution in [3.63, 3.8) is 0 Å². The minimum Gasteiger partial charge on any atom is -0.462 e. The molecule has 0 aliphatic rings. The van der Waals surface area contributed by atoms with Gasteiger partial charge in [0.15, 0.2) is 0 Å². The molecule has 0 unspecified atom stereocenters. The number of rotatable bonds is 8. The molecule has 0 saturated heterocycles. The Labute approximate surface area is 140 Å². The second-order valence-electron chi connectivity index (χ2n) is 4.35. The van der Waals surface area contributed by atoms with Crippen molar-refractivity contribution >= 4 is 40.9 Å². The highest BCUT2D eigenvalue weighted by atomic mass is 35.5. The Morgan fingerprint density at radius 3 is 2.32 bits per heavy atom. The van der Waals surface area contributed by atoms with Crippen LogP contribution in [0.1, 0.15) is 12.5 Å². The maximum absolute atomic E-state index is 11.6. The maximum atomic E-state index is 11.6. The predicted molar refractivity (Wildman–Crippen MR) is 90.3 cm³/mol. The van der Waals surface area contributed by atoms with Gasteiger partial charge in [-0.1, -0.05) is 12.1 Å². The molecule has 1 aromatic carbocycles. The first-order chi connectivity index (χ1) is 10.7. The van der Waals surface area contributed by atoms with Crippen LogP contribution in [-0.2, 0) is 9.53 Å². The number of hydrogen-bond acceptors (Lipinski definition) is 4. The van der Waals surface area contributed by atoms with Crippen LogP contribution in [0.2, 0.25) is 0 Å². The van der Waals surface area contributed by atoms with Gasteiger partial charge in [0, 0.05) is 30.5 Å². The molecule has 0 N–H and O–H groups in total. The first-order valence-electron chi connectivity index (χ1n) is 6.92. The summed E-state index contributed by atoms with van der Waals surface area (Å²) >= 11 is 11.6. The highest BCUT2D eigenvalue weighted by Crippen LogP contribution is 2.17. The van der Waals surface area contributed by atoms with Gasteiger partial charge in [-0.25, -0.2) is 4.79 Å². The van der Waals surface area contributed by atoms with Crippen molar-refractivity contribution in [2.75, 3.05) is 36.4 Å². The molecule has 118 valence electrons. The monoisotopic (exact) mass is 340 g/mol. The lowest BCUT2D eigenvalue weighted by atomic mass is 10.1. The van der Waals surface area contributed by atoms with E-state index in [1.807, 2.05) is 30.3 Å². The fourth-order valence-corrected chi connectivity index (χ4v) is 2.28. The molecule has 0 aromatic heterocycles. The Kier molecular flexibility index (Phi) is 8.42. The van der Waals surface area contributed by atoms with E-state index in [-0.39, 0.29) is 12.2 Å². The van der Waals surface area contributed by atoms with Crippen molar-refractivity contribution in [1.29, 1.82) is 5.26 Å². The quantitative estimate of drug-likeness (QED) is 0.315. The molecule has 0 spiro atoms. The van der Waals surface area contributed by atoms with Crippen LogP contribution >= 0.6 is 23.2 Å². The van der Waals surface area contributed by atoms with Crippen LogP contribution in [0.3, 0.4) is 0 Å². The molecule has 1 rings (SSSR count). The van der Waals surface area contributed by atoms with Gasteiger partial charge in [0.25, 0.3) is 0 Å². The smallest absolute Gasteiger partial charge is 0.348 e. The van der Waals surface area contributed by atoms with E-state index in [0.29, 0.717) is 24.8 Å². The van der Waals surface area contributed by atoms with Crippen molar-refractivity contribution in [2.45, 2.75) is 6.92 Å². The van der Waals surface area contributed by atoms with E-state index in [1.165, 1.54) is 6.08 Å². The fraction of sp³-hybridized carbons (Fsp3) is 0.375. The third kappa shape index (κ3) is 5.59. The number of carbonyl (C=O) groups is 1. The zero-order valence-corrected chi connectivity index (χ0v) is 13.9. The summed E-state index contributed by atoms with van der Waals surface area (Å²) < 4.78 is 4.83. The van der Waals surface area contributed by atoms with Gasteiger partial charge in [0.05, 0.1) is 6.61 Å². The zero-order valence-electron chi connectivity index (χ0n) is 12.4. The number of ether oxygens (including phenoxy) is 1. The number of alkyl halides is 2. The van der Waals surface area contributed by atoms with E-state index >= 15 is 0 Å². The molecule has 0 atom stereocenters. The summed E-state index contributed by atoms with van der Waals surface area (Å²) in [5, 5.41) is 9.01. The molecule has 0 aliphatic heterocycles. The number of halogens is 2. The van der Waals surface area contributed by atoms with Crippen LogP contribution < -0.4 is 4.90 Å². The zero-order chi connectivity index (χ0) is 16.4. The molecule has 0 amide bonds. The third-order valence-electron chi connectivity index (χ3n) is 2.89. The van der Waals surface area contributed by atoms with Gasteiger partial charge >= 0.3 is 5.97 Å². The minimum absolute atomic E-state index is 0.0204. The predicted octanol–water partition coefficient (Wildman–Crippen LogP) is 3.44. The van der Waals surface area contributed by atoms with Gasteiger partial charge in [-0.2, -0.15) is 5.26 Å². The molecule has 0 fully saturated rings. The summed E-state index contributed by atoms with van der Waals surface area (Å²) in [5.41, 5.74) is 1.73. The molecule has 6 heteroatoms. The van der Waals surface area contributed by atoms with Gasteiger partial charge in [-0.05, 0) is 30.7 Å². The molecular formula is C16H18Cl2N2O2. The lowest BCUT2D eigenvalue weighted by Crippen LogP contribution is -2.27. The summed E-state index contributed by atoms with van der Waals surface area (Å²) in [6.07, 6.45) is 1.51. The van der Waals surface area contributed by atoms with E-state index in [1.54, 1.807) is 6.92 Å². The van der Waals surface area contributed by atoms with Crippen molar-refractivity contribution in [2.24, 2.45) is 0 Å². The Balaban J connectivity index is 2.91. The molecule has 1 aromatic rings. The molecule has 0 radical (unpaired) electrons. The van der Waals surface area contributed by atoms with Crippen molar-refractivity contribution in [3.8, 4) is 6.07 Å². The average molecular weight is 341 g/mol. The summed E-state index contributed by atoms with van der Waals surface area (Å²) in [7, 11) is 0. The van der Waals surface area contributed by atoms with E-state index in [0.717, 1.165) is 11.3 Å². The van der Waals surface area contributed by atoms with Gasteiger partial charge in [-0.3, -0.25) is 0 Å². The first-order valence-corrected chi connectivity index (χ1v) is 7.99. The molecule has 0 heterocycles. The van der Waals surface area contributed by atoms with Gasteiger partial charge < -0.3 is 9.64 Å². The van der Waals surface area contributed by atoms with Gasteiger partial charge in [0.1, 0.15) is 11.6 Å². The van der Waals surface area contributed by atoms with Crippen molar-refractivity contribution < 1.29 is 9.53 Å². The van der Waals surface area contributed by atoms with Crippen LogP contribution in [0.5, 0.6) is 0 Å². The molecule has 0 aliphatic carbocycles. The normalized spacial score (nSPS) is 10.9. The fourth-order valence-electron chi connectivity index (χ4n) is 1.87. The Bertz CT molecular complexity index is 544. The number of carbonyl (C=O) groups excluding carboxylic acids is 1. The lowest BCUT2D eigenvalue weighted by molar-refractivity contribution is -0.137. The summed E-state index contributed by atoms with van der Waals surface area (Å²) in [4.78, 5) is 13.6. The molecule has 0 saturated carbocycles. The first kappa shape index (κ1) is 18.3. The maximum Gasteiger partial charge on any atom is 0.348 e. The highest BCUT2D eigenvalue weighted by molar-refractivity contribution is 6.18. The van der Waals surface area contributed by atoms with Crippen LogP contribution in [0.15, 0.2) is 29.8 Å². The van der Waals surface area contributed by atoms with Crippen LogP contribution in [0.4, 0.5) is 5.69 Å². The number of esters is 1. The second-order valence-corrected chi connectivity index (χ2v) is 5.10. The molecular weight excluding hydrogens is 323 g/mol. The van der Waals surface area contributed by atoms with E-state index in [2.05, 4.69) is 4.90 Å². The van der Waals surface area contributed by atoms with E-state index in [9.17, 15) is 4.79 Å². The SMILES string of the molecule is CCOC(=O)/C(C#N)=C/c1ccc(N(CCCl)CCCl)cc1. The number of nitrogens with zero attached hydrogens (tertiary/aromatic N) is 2. The van der Waals surface area contributed by atoms with Crippen molar-refractivity contribution in [3.05, 3.63) is 35.4 Å². The highest BCUT2D eigenvalue weighted by Gasteiger charge is 2.10. The minimum atomic E-state index is -0.611. The van der Waals surface area contributed by atoms with Crippen LogP contribution in [0, 0.1) is 11.3 Å². The lowest BCUT2D eigenvalue weighted by Gasteiger charge is -2.22. The largest absolute Gasteiger partial charge is 0.462 e. The summed E-state index contributed by atoms with van der Waals surface area (Å²) in [6, 6.07) is 9.34.